The molecule has 3 rings (SSSR count). The molecule has 0 aliphatic rings. The molecule has 1 N–H and O–H groups in total. The summed E-state index contributed by atoms with van der Waals surface area (Å²) in [6, 6.07) is 9.52. The Morgan fingerprint density at radius 3 is 2.88 bits per heavy atom. The molecule has 0 aliphatic heterocycles. The summed E-state index contributed by atoms with van der Waals surface area (Å²) >= 11 is 1.38. The number of halogens is 1. The molecule has 24 heavy (non-hydrogen) atoms. The van der Waals surface area contributed by atoms with Crippen molar-refractivity contribution >= 4 is 22.9 Å². The maximum Gasteiger partial charge on any atom is 0.265 e. The van der Waals surface area contributed by atoms with Crippen LogP contribution in [-0.4, -0.2) is 15.7 Å². The first-order valence-electron chi connectivity index (χ1n) is 7.32. The molecule has 7 heteroatoms. The van der Waals surface area contributed by atoms with E-state index in [1.54, 1.807) is 22.9 Å². The van der Waals surface area contributed by atoms with E-state index in [1.165, 1.54) is 23.5 Å². The van der Waals surface area contributed by atoms with E-state index >= 15 is 0 Å². The number of carbonyl (C=O) groups is 1. The zero-order valence-electron chi connectivity index (χ0n) is 13.2. The van der Waals surface area contributed by atoms with Crippen LogP contribution >= 0.6 is 11.3 Å². The summed E-state index contributed by atoms with van der Waals surface area (Å²) in [6.45, 7) is 3.79. The van der Waals surface area contributed by atoms with Crippen molar-refractivity contribution in [2.45, 2.75) is 20.6 Å². The summed E-state index contributed by atoms with van der Waals surface area (Å²) in [7, 11) is 0. The molecule has 2 heterocycles. The molecular formula is C17H16FN3O2S. The minimum Gasteiger partial charge on any atom is -0.471 e. The number of anilines is 1. The van der Waals surface area contributed by atoms with Gasteiger partial charge in [0.05, 0.1) is 22.0 Å². The van der Waals surface area contributed by atoms with Crippen molar-refractivity contribution in [3.63, 3.8) is 0 Å². The van der Waals surface area contributed by atoms with Crippen molar-refractivity contribution in [2.24, 2.45) is 0 Å². The van der Waals surface area contributed by atoms with E-state index in [-0.39, 0.29) is 18.5 Å². The molecule has 0 aliphatic carbocycles. The number of aryl methyl sites for hydroxylation is 1. The Morgan fingerprint density at radius 1 is 1.33 bits per heavy atom. The highest BCUT2D eigenvalue weighted by Crippen LogP contribution is 2.22. The maximum absolute atomic E-state index is 13.2. The van der Waals surface area contributed by atoms with Gasteiger partial charge in [0.15, 0.2) is 6.73 Å². The fourth-order valence-corrected chi connectivity index (χ4v) is 2.90. The number of rotatable bonds is 5. The van der Waals surface area contributed by atoms with Crippen LogP contribution in [-0.2, 0) is 6.73 Å². The molecule has 0 fully saturated rings. The summed E-state index contributed by atoms with van der Waals surface area (Å²) in [5, 5.41) is 9.10. The lowest BCUT2D eigenvalue weighted by molar-refractivity contribution is 0.103. The number of thiophene rings is 1. The van der Waals surface area contributed by atoms with Gasteiger partial charge in [-0.2, -0.15) is 5.10 Å². The molecule has 5 nitrogen and oxygen atoms in total. The lowest BCUT2D eigenvalue weighted by atomic mass is 10.3. The number of ether oxygens (including phenoxy) is 1. The van der Waals surface area contributed by atoms with Gasteiger partial charge in [0.1, 0.15) is 11.6 Å². The Balaban J connectivity index is 1.73. The third kappa shape index (κ3) is 3.46. The van der Waals surface area contributed by atoms with E-state index in [4.69, 9.17) is 4.74 Å². The van der Waals surface area contributed by atoms with Crippen molar-refractivity contribution < 1.29 is 13.9 Å². The Morgan fingerprint density at radius 2 is 2.17 bits per heavy atom. The standard InChI is InChI=1S/C17H16FN3O2S/c1-11-16(19-17(22)15-7-4-8-24-15)12(2)21(20-11)10-23-14-6-3-5-13(18)9-14/h3-9H,10H2,1-2H3,(H,19,22). The molecule has 0 saturated carbocycles. The molecular weight excluding hydrogens is 329 g/mol. The van der Waals surface area contributed by atoms with Crippen LogP contribution in [0.3, 0.4) is 0 Å². The molecule has 0 radical (unpaired) electrons. The average molecular weight is 345 g/mol. The Bertz CT molecular complexity index is 859. The predicted molar refractivity (Wildman–Crippen MR) is 91.0 cm³/mol. The van der Waals surface area contributed by atoms with Crippen LogP contribution in [0.15, 0.2) is 41.8 Å². The van der Waals surface area contributed by atoms with Crippen LogP contribution in [0.5, 0.6) is 5.75 Å². The highest BCUT2D eigenvalue weighted by atomic mass is 32.1. The molecule has 2 aromatic heterocycles. The number of nitrogens with one attached hydrogen (secondary N) is 1. The Labute approximate surface area is 142 Å². The van der Waals surface area contributed by atoms with Gasteiger partial charge in [0.25, 0.3) is 5.91 Å². The van der Waals surface area contributed by atoms with Crippen molar-refractivity contribution in [1.82, 2.24) is 9.78 Å². The van der Waals surface area contributed by atoms with E-state index < -0.39 is 0 Å². The molecule has 0 spiro atoms. The molecule has 3 aromatic rings. The molecule has 0 unspecified atom stereocenters. The van der Waals surface area contributed by atoms with E-state index in [0.717, 1.165) is 5.69 Å². The largest absolute Gasteiger partial charge is 0.471 e. The minimum absolute atomic E-state index is 0.130. The number of hydrogen-bond donors (Lipinski definition) is 1. The molecule has 0 saturated heterocycles. The van der Waals surface area contributed by atoms with Crippen LogP contribution in [0.25, 0.3) is 0 Å². The van der Waals surface area contributed by atoms with Crippen LogP contribution in [0, 0.1) is 19.7 Å². The van der Waals surface area contributed by atoms with Gasteiger partial charge in [-0.3, -0.25) is 4.79 Å². The second kappa shape index (κ2) is 6.84. The van der Waals surface area contributed by atoms with Gasteiger partial charge in [-0.25, -0.2) is 9.07 Å². The van der Waals surface area contributed by atoms with E-state index in [9.17, 15) is 9.18 Å². The topological polar surface area (TPSA) is 56.1 Å². The summed E-state index contributed by atoms with van der Waals surface area (Å²) < 4.78 is 20.3. The SMILES string of the molecule is Cc1nn(COc2cccc(F)c2)c(C)c1NC(=O)c1cccs1. The summed E-state index contributed by atoms with van der Waals surface area (Å²) in [5.41, 5.74) is 2.13. The third-order valence-electron chi connectivity index (χ3n) is 3.51. The van der Waals surface area contributed by atoms with E-state index in [0.29, 0.717) is 22.0 Å². The zero-order chi connectivity index (χ0) is 17.1. The van der Waals surface area contributed by atoms with Gasteiger partial charge in [0.2, 0.25) is 0 Å². The van der Waals surface area contributed by atoms with Crippen LogP contribution < -0.4 is 10.1 Å². The fraction of sp³-hybridized carbons (Fsp3) is 0.176. The molecule has 1 aromatic carbocycles. The van der Waals surface area contributed by atoms with Crippen molar-refractivity contribution in [2.75, 3.05) is 5.32 Å². The van der Waals surface area contributed by atoms with Crippen LogP contribution in [0.1, 0.15) is 21.1 Å². The Hall–Kier alpha value is -2.67. The molecule has 124 valence electrons. The number of aromatic nitrogens is 2. The maximum atomic E-state index is 13.2. The number of carbonyl (C=O) groups excluding carboxylic acids is 1. The summed E-state index contributed by atoms with van der Waals surface area (Å²) in [5.74, 6) is -0.0988. The Kier molecular flexibility index (Phi) is 4.61. The second-order valence-electron chi connectivity index (χ2n) is 5.21. The van der Waals surface area contributed by atoms with Crippen molar-refractivity contribution in [1.29, 1.82) is 0 Å². The average Bonchev–Trinajstić information content (AvgIpc) is 3.17. The fourth-order valence-electron chi connectivity index (χ4n) is 2.28. The lowest BCUT2D eigenvalue weighted by Crippen LogP contribution is -2.12. The first-order valence-corrected chi connectivity index (χ1v) is 8.20. The van der Waals surface area contributed by atoms with Crippen LogP contribution in [0.2, 0.25) is 0 Å². The predicted octanol–water partition coefficient (Wildman–Crippen LogP) is 3.99. The van der Waals surface area contributed by atoms with Crippen molar-refractivity contribution in [3.8, 4) is 5.75 Å². The number of hydrogen-bond acceptors (Lipinski definition) is 4. The highest BCUT2D eigenvalue weighted by Gasteiger charge is 2.16. The van der Waals surface area contributed by atoms with Crippen LogP contribution in [0.4, 0.5) is 10.1 Å². The number of amides is 1. The van der Waals surface area contributed by atoms with Gasteiger partial charge in [0, 0.05) is 6.07 Å². The van der Waals surface area contributed by atoms with E-state index in [2.05, 4.69) is 10.4 Å². The quantitative estimate of drug-likeness (QED) is 0.761. The van der Waals surface area contributed by atoms with E-state index in [1.807, 2.05) is 25.3 Å². The molecule has 0 bridgehead atoms. The smallest absolute Gasteiger partial charge is 0.265 e. The van der Waals surface area contributed by atoms with Gasteiger partial charge in [-0.05, 0) is 37.4 Å². The van der Waals surface area contributed by atoms with Gasteiger partial charge in [-0.1, -0.05) is 12.1 Å². The summed E-state index contributed by atoms with van der Waals surface area (Å²) in [6.07, 6.45) is 0. The first kappa shape index (κ1) is 16.2. The number of nitrogens with zero attached hydrogens (tertiary/aromatic N) is 2. The van der Waals surface area contributed by atoms with Gasteiger partial charge < -0.3 is 10.1 Å². The normalized spacial score (nSPS) is 10.6. The highest BCUT2D eigenvalue weighted by molar-refractivity contribution is 7.12. The second-order valence-corrected chi connectivity index (χ2v) is 6.16. The minimum atomic E-state index is -0.357. The van der Waals surface area contributed by atoms with Gasteiger partial charge >= 0.3 is 0 Å². The zero-order valence-corrected chi connectivity index (χ0v) is 14.1. The van der Waals surface area contributed by atoms with Crippen molar-refractivity contribution in [3.05, 3.63) is 63.9 Å². The monoisotopic (exact) mass is 345 g/mol. The molecule has 1 amide bonds. The number of benzene rings is 1. The third-order valence-corrected chi connectivity index (χ3v) is 4.38. The molecule has 0 atom stereocenters. The first-order chi connectivity index (χ1) is 11.5. The lowest BCUT2D eigenvalue weighted by Gasteiger charge is -2.08. The van der Waals surface area contributed by atoms with Gasteiger partial charge in [-0.15, -0.1) is 11.3 Å². The summed E-state index contributed by atoms with van der Waals surface area (Å²) in [4.78, 5) is 12.8.